The quantitative estimate of drug-likeness (QED) is 0.369. The molecule has 3 amide bonds. The summed E-state index contributed by atoms with van der Waals surface area (Å²) in [4.78, 5) is 47.9. The number of nitrogens with one attached hydrogen (secondary N) is 1. The van der Waals surface area contributed by atoms with Gasteiger partial charge in [-0.1, -0.05) is 0 Å². The molecular formula is C18H19N3O8S. The largest absolute Gasteiger partial charge is 0.500 e. The number of methoxy groups -OCH3 is 1. The molecule has 30 heavy (non-hydrogen) atoms. The molecule has 0 radical (unpaired) electrons. The first-order valence-electron chi connectivity index (χ1n) is 8.99. The average molecular weight is 437 g/mol. The summed E-state index contributed by atoms with van der Waals surface area (Å²) in [7, 11) is 1.23. The fourth-order valence-corrected chi connectivity index (χ4v) is 3.85. The van der Waals surface area contributed by atoms with Gasteiger partial charge in [0.15, 0.2) is 5.75 Å². The van der Waals surface area contributed by atoms with E-state index in [-0.39, 0.29) is 22.3 Å². The maximum atomic E-state index is 12.6. The predicted molar refractivity (Wildman–Crippen MR) is 106 cm³/mol. The fraction of sp³-hybridized carbons (Fsp3) is 0.389. The summed E-state index contributed by atoms with van der Waals surface area (Å²) in [5.41, 5.74) is -0.418. The number of hydrogen-bond donors (Lipinski definition) is 2. The molecule has 2 saturated heterocycles. The Morgan fingerprint density at radius 2 is 2.27 bits per heavy atom. The highest BCUT2D eigenvalue weighted by Crippen LogP contribution is 2.39. The number of nitro groups is 1. The van der Waals surface area contributed by atoms with Crippen LogP contribution in [0.3, 0.4) is 0 Å². The molecule has 2 aliphatic rings. The van der Waals surface area contributed by atoms with E-state index in [4.69, 9.17) is 9.47 Å². The Bertz CT molecular complexity index is 926. The van der Waals surface area contributed by atoms with E-state index in [1.54, 1.807) is 0 Å². The first-order valence-corrected chi connectivity index (χ1v) is 9.81. The second-order valence-corrected chi connectivity index (χ2v) is 7.55. The molecule has 2 fully saturated rings. The molecule has 1 atom stereocenters. The van der Waals surface area contributed by atoms with Gasteiger partial charge in [0.25, 0.3) is 11.1 Å². The lowest BCUT2D eigenvalue weighted by atomic mass is 10.1. The van der Waals surface area contributed by atoms with Crippen LogP contribution in [0.1, 0.15) is 18.4 Å². The summed E-state index contributed by atoms with van der Waals surface area (Å²) in [6.45, 7) is 0.518. The molecule has 2 heterocycles. The zero-order valence-corrected chi connectivity index (χ0v) is 16.8. The molecule has 0 unspecified atom stereocenters. The molecule has 160 valence electrons. The summed E-state index contributed by atoms with van der Waals surface area (Å²) in [5, 5.41) is 23.0. The highest BCUT2D eigenvalue weighted by molar-refractivity contribution is 8.18. The number of hydrogen-bond acceptors (Lipinski definition) is 9. The third-order valence-electron chi connectivity index (χ3n) is 4.52. The topological polar surface area (TPSA) is 148 Å². The number of nitrogens with zero attached hydrogens (tertiary/aromatic N) is 2. The van der Waals surface area contributed by atoms with Gasteiger partial charge in [-0.2, -0.15) is 0 Å². The van der Waals surface area contributed by atoms with Gasteiger partial charge in [-0.15, -0.1) is 0 Å². The summed E-state index contributed by atoms with van der Waals surface area (Å²) < 4.78 is 10.3. The Kier molecular flexibility index (Phi) is 6.57. The maximum Gasteiger partial charge on any atom is 0.315 e. The average Bonchev–Trinajstić information content (AvgIpc) is 3.31. The fourth-order valence-electron chi connectivity index (χ4n) is 3.01. The smallest absolute Gasteiger partial charge is 0.315 e. The molecule has 3 rings (SSSR count). The van der Waals surface area contributed by atoms with Crippen molar-refractivity contribution in [1.82, 2.24) is 10.2 Å². The minimum absolute atomic E-state index is 0.00559. The Morgan fingerprint density at radius 3 is 2.90 bits per heavy atom. The van der Waals surface area contributed by atoms with Crippen LogP contribution in [-0.4, -0.2) is 64.9 Å². The molecule has 11 nitrogen and oxygen atoms in total. The van der Waals surface area contributed by atoms with Gasteiger partial charge in [0.05, 0.1) is 23.0 Å². The lowest BCUT2D eigenvalue weighted by molar-refractivity contribution is -0.386. The first kappa shape index (κ1) is 21.6. The van der Waals surface area contributed by atoms with Crippen molar-refractivity contribution in [2.45, 2.75) is 18.9 Å². The van der Waals surface area contributed by atoms with Crippen molar-refractivity contribution in [2.24, 2.45) is 0 Å². The molecule has 12 heteroatoms. The van der Waals surface area contributed by atoms with Crippen molar-refractivity contribution < 1.29 is 33.9 Å². The summed E-state index contributed by atoms with van der Waals surface area (Å²) in [6, 6.07) is 2.35. The van der Waals surface area contributed by atoms with Gasteiger partial charge in [0.2, 0.25) is 11.7 Å². The number of benzene rings is 1. The minimum atomic E-state index is -0.792. The lowest BCUT2D eigenvalue weighted by Gasteiger charge is -2.14. The van der Waals surface area contributed by atoms with Crippen molar-refractivity contribution in [3.8, 4) is 11.5 Å². The summed E-state index contributed by atoms with van der Waals surface area (Å²) in [6.07, 6.45) is 2.97. The Morgan fingerprint density at radius 1 is 1.50 bits per heavy atom. The van der Waals surface area contributed by atoms with E-state index in [0.29, 0.717) is 24.9 Å². The van der Waals surface area contributed by atoms with Crippen LogP contribution in [0.25, 0.3) is 6.08 Å². The molecule has 1 aromatic rings. The van der Waals surface area contributed by atoms with Crippen molar-refractivity contribution >= 4 is 40.6 Å². The van der Waals surface area contributed by atoms with Gasteiger partial charge >= 0.3 is 5.69 Å². The minimum Gasteiger partial charge on any atom is -0.500 e. The zero-order chi connectivity index (χ0) is 21.8. The van der Waals surface area contributed by atoms with E-state index >= 15 is 0 Å². The van der Waals surface area contributed by atoms with Crippen molar-refractivity contribution in [3.05, 3.63) is 32.7 Å². The standard InChI is InChI=1S/C18H19N3O8S/c1-28-13-6-10(5-12(16(13)23)21(26)27)7-14-17(24)20(18(25)30-14)9-15(22)19-8-11-3-2-4-29-11/h5-7,11,23H,2-4,8-9H2,1H3,(H,19,22)/b14-7-/t11-/m0/s1. The molecule has 0 bridgehead atoms. The van der Waals surface area contributed by atoms with E-state index < -0.39 is 40.0 Å². The molecule has 0 aliphatic carbocycles. The van der Waals surface area contributed by atoms with E-state index in [0.717, 1.165) is 23.8 Å². The summed E-state index contributed by atoms with van der Waals surface area (Å²) >= 11 is 0.615. The number of phenolic OH excluding ortho intramolecular Hbond substituents is 1. The lowest BCUT2D eigenvalue weighted by Crippen LogP contribution is -2.41. The molecule has 0 aromatic heterocycles. The van der Waals surface area contributed by atoms with Crippen molar-refractivity contribution in [2.75, 3.05) is 26.8 Å². The van der Waals surface area contributed by atoms with Crippen LogP contribution in [-0.2, 0) is 14.3 Å². The molecule has 1 aromatic carbocycles. The number of imide groups is 1. The van der Waals surface area contributed by atoms with Gasteiger partial charge in [0, 0.05) is 19.2 Å². The molecular weight excluding hydrogens is 418 g/mol. The van der Waals surface area contributed by atoms with E-state index in [1.807, 2.05) is 0 Å². The monoisotopic (exact) mass is 437 g/mol. The van der Waals surface area contributed by atoms with Gasteiger partial charge in [-0.05, 0) is 42.3 Å². The van der Waals surface area contributed by atoms with Gasteiger partial charge in [0.1, 0.15) is 6.54 Å². The normalized spacial score (nSPS) is 20.1. The second kappa shape index (κ2) is 9.13. The SMILES string of the molecule is COc1cc(/C=C2\SC(=O)N(CC(=O)NC[C@@H]3CCCO3)C2=O)cc([N+](=O)[O-])c1O. The van der Waals surface area contributed by atoms with Crippen LogP contribution in [0.2, 0.25) is 0 Å². The Hall–Kier alpha value is -3.12. The molecule has 2 N–H and O–H groups in total. The molecule has 0 saturated carbocycles. The Labute approximate surface area is 175 Å². The predicted octanol–water partition coefficient (Wildman–Crippen LogP) is 1.64. The highest BCUT2D eigenvalue weighted by Gasteiger charge is 2.36. The van der Waals surface area contributed by atoms with Crippen LogP contribution in [0.15, 0.2) is 17.0 Å². The summed E-state index contributed by atoms with van der Waals surface area (Å²) in [5.74, 6) is -1.97. The Balaban J connectivity index is 1.72. The second-order valence-electron chi connectivity index (χ2n) is 6.55. The van der Waals surface area contributed by atoms with Crippen LogP contribution in [0.5, 0.6) is 11.5 Å². The van der Waals surface area contributed by atoms with Crippen LogP contribution < -0.4 is 10.1 Å². The third kappa shape index (κ3) is 4.71. The number of thioether (sulfide) groups is 1. The van der Waals surface area contributed by atoms with Gasteiger partial charge < -0.3 is 19.9 Å². The van der Waals surface area contributed by atoms with Crippen LogP contribution >= 0.6 is 11.8 Å². The first-order chi connectivity index (χ1) is 14.3. The van der Waals surface area contributed by atoms with Crippen molar-refractivity contribution in [3.63, 3.8) is 0 Å². The number of ether oxygens (including phenoxy) is 2. The number of amides is 3. The number of phenols is 1. The number of nitro benzene ring substituents is 1. The van der Waals surface area contributed by atoms with Gasteiger partial charge in [-0.25, -0.2) is 0 Å². The molecule has 2 aliphatic heterocycles. The van der Waals surface area contributed by atoms with E-state index in [1.165, 1.54) is 19.3 Å². The van der Waals surface area contributed by atoms with Crippen LogP contribution in [0.4, 0.5) is 10.5 Å². The number of rotatable bonds is 7. The molecule has 0 spiro atoms. The van der Waals surface area contributed by atoms with Gasteiger partial charge in [-0.3, -0.25) is 29.4 Å². The zero-order valence-electron chi connectivity index (χ0n) is 16.0. The number of aromatic hydroxyl groups is 1. The van der Waals surface area contributed by atoms with Crippen LogP contribution in [0, 0.1) is 10.1 Å². The highest BCUT2D eigenvalue weighted by atomic mass is 32.2. The van der Waals surface area contributed by atoms with E-state index in [9.17, 15) is 29.6 Å². The number of carbonyl (C=O) groups is 3. The van der Waals surface area contributed by atoms with Crippen molar-refractivity contribution in [1.29, 1.82) is 0 Å². The van der Waals surface area contributed by atoms with E-state index in [2.05, 4.69) is 5.32 Å². The maximum absolute atomic E-state index is 12.6. The number of carbonyl (C=O) groups excluding carboxylic acids is 3. The third-order valence-corrected chi connectivity index (χ3v) is 5.43.